The van der Waals surface area contributed by atoms with Gasteiger partial charge in [0.1, 0.15) is 12.4 Å². The third-order valence-electron chi connectivity index (χ3n) is 5.60. The largest absolute Gasteiger partial charge is 0.491 e. The van der Waals surface area contributed by atoms with Gasteiger partial charge in [-0.2, -0.15) is 0 Å². The Hall–Kier alpha value is -3.84. The molecule has 0 aliphatic rings. The van der Waals surface area contributed by atoms with E-state index < -0.39 is 5.60 Å². The smallest absolute Gasteiger partial charge is 0.252 e. The van der Waals surface area contributed by atoms with Gasteiger partial charge in [0.15, 0.2) is 5.76 Å². The van der Waals surface area contributed by atoms with E-state index >= 15 is 0 Å². The highest BCUT2D eigenvalue weighted by atomic mass is 16.5. The molecule has 0 saturated carbocycles. The quantitative estimate of drug-likeness (QED) is 0.314. The fourth-order valence-corrected chi connectivity index (χ4v) is 3.81. The summed E-state index contributed by atoms with van der Waals surface area (Å²) >= 11 is 0. The van der Waals surface area contributed by atoms with Crippen molar-refractivity contribution < 1.29 is 24.2 Å². The Morgan fingerprint density at radius 2 is 1.71 bits per heavy atom. The summed E-state index contributed by atoms with van der Waals surface area (Å²) in [5.41, 5.74) is 5.17. The van der Waals surface area contributed by atoms with Crippen molar-refractivity contribution in [3.05, 3.63) is 77.5 Å². The zero-order valence-corrected chi connectivity index (χ0v) is 20.4. The first kappa shape index (κ1) is 24.3. The summed E-state index contributed by atoms with van der Waals surface area (Å²) in [4.78, 5) is 4.63. The highest BCUT2D eigenvalue weighted by Crippen LogP contribution is 2.30. The molecule has 4 rings (SSSR count). The lowest BCUT2D eigenvalue weighted by Gasteiger charge is -2.18. The van der Waals surface area contributed by atoms with Crippen LogP contribution in [-0.2, 0) is 6.61 Å². The van der Waals surface area contributed by atoms with Crippen molar-refractivity contribution in [3.63, 3.8) is 0 Å². The van der Waals surface area contributed by atoms with E-state index in [9.17, 15) is 10.2 Å². The van der Waals surface area contributed by atoms with Gasteiger partial charge in [-0.15, -0.1) is 0 Å². The number of aryl methyl sites for hydroxylation is 2. The van der Waals surface area contributed by atoms with E-state index in [-0.39, 0.29) is 5.88 Å². The van der Waals surface area contributed by atoms with Gasteiger partial charge in [-0.05, 0) is 79.9 Å². The predicted octanol–water partition coefficient (Wildman–Crippen LogP) is 5.84. The Kier molecular flexibility index (Phi) is 7.07. The van der Waals surface area contributed by atoms with Crippen LogP contribution in [0.25, 0.3) is 22.5 Å². The Balaban J connectivity index is 1.43. The highest BCUT2D eigenvalue weighted by molar-refractivity contribution is 5.70. The van der Waals surface area contributed by atoms with Gasteiger partial charge < -0.3 is 24.2 Å². The summed E-state index contributed by atoms with van der Waals surface area (Å²) in [5, 5.41) is 22.7. The van der Waals surface area contributed by atoms with Crippen LogP contribution in [0.4, 0.5) is 0 Å². The van der Waals surface area contributed by atoms with Crippen molar-refractivity contribution in [1.82, 2.24) is 10.1 Å². The molecule has 0 aliphatic heterocycles. The first-order valence-electron chi connectivity index (χ1n) is 11.5. The molecule has 182 valence electrons. The molecule has 0 radical (unpaired) electrons. The SMILES string of the molecule is Cc1cc(OCCC(C)(C)O)nc(C)c1-c1cccc(COc2ccc(-c3cc(O)no3)cc2)c1. The van der Waals surface area contributed by atoms with Crippen LogP contribution in [0, 0.1) is 13.8 Å². The topological polar surface area (TPSA) is 97.8 Å². The van der Waals surface area contributed by atoms with Crippen LogP contribution < -0.4 is 9.47 Å². The normalized spacial score (nSPS) is 11.5. The molecule has 2 N–H and O–H groups in total. The van der Waals surface area contributed by atoms with Crippen molar-refractivity contribution >= 4 is 0 Å². The van der Waals surface area contributed by atoms with Gasteiger partial charge in [-0.25, -0.2) is 4.98 Å². The predicted molar refractivity (Wildman–Crippen MR) is 133 cm³/mol. The standard InChI is InChI=1S/C28H30N2O5/c1-18-14-26(33-13-12-28(3,4)32)29-19(2)27(18)22-7-5-6-20(15-22)17-34-23-10-8-21(9-11-23)24-16-25(31)30-35-24/h5-11,14-16,32H,12-13,17H2,1-4H3,(H,30,31). The van der Waals surface area contributed by atoms with Crippen molar-refractivity contribution in [3.8, 4) is 40.0 Å². The van der Waals surface area contributed by atoms with Gasteiger partial charge in [-0.1, -0.05) is 18.2 Å². The fraction of sp³-hybridized carbons (Fsp3) is 0.286. The first-order valence-corrected chi connectivity index (χ1v) is 11.5. The number of benzene rings is 2. The van der Waals surface area contributed by atoms with Crippen LogP contribution in [0.2, 0.25) is 0 Å². The monoisotopic (exact) mass is 474 g/mol. The van der Waals surface area contributed by atoms with E-state index in [1.807, 2.05) is 56.3 Å². The van der Waals surface area contributed by atoms with Gasteiger partial charge in [0.2, 0.25) is 5.88 Å². The summed E-state index contributed by atoms with van der Waals surface area (Å²) in [7, 11) is 0. The second kappa shape index (κ2) is 10.2. The molecular weight excluding hydrogens is 444 g/mol. The lowest BCUT2D eigenvalue weighted by molar-refractivity contribution is 0.0547. The third kappa shape index (κ3) is 6.39. The number of aromatic nitrogens is 2. The average Bonchev–Trinajstić information content (AvgIpc) is 3.23. The molecule has 7 nitrogen and oxygen atoms in total. The highest BCUT2D eigenvalue weighted by Gasteiger charge is 2.14. The van der Waals surface area contributed by atoms with E-state index in [0.29, 0.717) is 31.3 Å². The minimum absolute atomic E-state index is 0.145. The molecule has 0 spiro atoms. The van der Waals surface area contributed by atoms with Crippen molar-refractivity contribution in [2.24, 2.45) is 0 Å². The van der Waals surface area contributed by atoms with E-state index in [2.05, 4.69) is 22.3 Å². The molecule has 4 aromatic rings. The zero-order chi connectivity index (χ0) is 25.0. The van der Waals surface area contributed by atoms with Crippen LogP contribution in [0.5, 0.6) is 17.5 Å². The molecule has 2 aromatic carbocycles. The summed E-state index contributed by atoms with van der Waals surface area (Å²) in [6.07, 6.45) is 0.531. The number of ether oxygens (including phenoxy) is 2. The maximum Gasteiger partial charge on any atom is 0.252 e. The summed E-state index contributed by atoms with van der Waals surface area (Å²) in [6, 6.07) is 19.0. The van der Waals surface area contributed by atoms with Gasteiger partial charge in [0.25, 0.3) is 5.88 Å². The summed E-state index contributed by atoms with van der Waals surface area (Å²) in [6.45, 7) is 8.37. The van der Waals surface area contributed by atoms with Gasteiger partial charge in [0.05, 0.1) is 12.2 Å². The van der Waals surface area contributed by atoms with E-state index in [4.69, 9.17) is 14.0 Å². The van der Waals surface area contributed by atoms with Crippen molar-refractivity contribution in [2.45, 2.75) is 46.3 Å². The van der Waals surface area contributed by atoms with Crippen LogP contribution in [0.1, 0.15) is 37.1 Å². The third-order valence-corrected chi connectivity index (χ3v) is 5.60. The average molecular weight is 475 g/mol. The molecule has 0 atom stereocenters. The van der Waals surface area contributed by atoms with E-state index in [1.165, 1.54) is 6.07 Å². The maximum atomic E-state index is 9.88. The fourth-order valence-electron chi connectivity index (χ4n) is 3.81. The second-order valence-corrected chi connectivity index (χ2v) is 9.21. The van der Waals surface area contributed by atoms with Crippen LogP contribution in [0.3, 0.4) is 0 Å². The number of aromatic hydroxyl groups is 1. The first-order chi connectivity index (χ1) is 16.7. The molecule has 7 heteroatoms. The molecule has 0 fully saturated rings. The number of hydrogen-bond acceptors (Lipinski definition) is 7. The summed E-state index contributed by atoms with van der Waals surface area (Å²) in [5.74, 6) is 1.64. The summed E-state index contributed by atoms with van der Waals surface area (Å²) < 4.78 is 16.8. The molecule has 0 unspecified atom stereocenters. The van der Waals surface area contributed by atoms with Gasteiger partial charge >= 0.3 is 0 Å². The minimum Gasteiger partial charge on any atom is -0.491 e. The molecule has 0 saturated heterocycles. The molecular formula is C28H30N2O5. The van der Waals surface area contributed by atoms with Crippen LogP contribution in [-0.4, -0.2) is 32.6 Å². The van der Waals surface area contributed by atoms with E-state index in [1.54, 1.807) is 13.8 Å². The number of aliphatic hydroxyl groups is 1. The number of rotatable bonds is 9. The second-order valence-electron chi connectivity index (χ2n) is 9.21. The lowest BCUT2D eigenvalue weighted by Crippen LogP contribution is -2.22. The molecule has 35 heavy (non-hydrogen) atoms. The minimum atomic E-state index is -0.768. The molecule has 0 aliphatic carbocycles. The Morgan fingerprint density at radius 3 is 2.37 bits per heavy atom. The molecule has 0 bridgehead atoms. The Labute approximate surface area is 205 Å². The van der Waals surface area contributed by atoms with Crippen molar-refractivity contribution in [2.75, 3.05) is 6.61 Å². The van der Waals surface area contributed by atoms with Crippen LogP contribution in [0.15, 0.2) is 65.2 Å². The van der Waals surface area contributed by atoms with Crippen molar-refractivity contribution in [1.29, 1.82) is 0 Å². The lowest BCUT2D eigenvalue weighted by atomic mass is 9.98. The Morgan fingerprint density at radius 1 is 0.943 bits per heavy atom. The van der Waals surface area contributed by atoms with Crippen LogP contribution >= 0.6 is 0 Å². The Bertz CT molecular complexity index is 1270. The molecule has 2 heterocycles. The van der Waals surface area contributed by atoms with Gasteiger partial charge in [-0.3, -0.25) is 0 Å². The van der Waals surface area contributed by atoms with Gasteiger partial charge in [0, 0.05) is 35.4 Å². The molecule has 0 amide bonds. The zero-order valence-electron chi connectivity index (χ0n) is 20.4. The maximum absolute atomic E-state index is 9.88. The number of hydrogen-bond donors (Lipinski definition) is 2. The number of nitrogens with zero attached hydrogens (tertiary/aromatic N) is 2. The van der Waals surface area contributed by atoms with E-state index in [0.717, 1.165) is 39.3 Å². The number of pyridine rings is 1. The molecule has 2 aromatic heterocycles.